The number of amides is 1. The van der Waals surface area contributed by atoms with Gasteiger partial charge in [-0.25, -0.2) is 0 Å². The first-order valence-corrected chi connectivity index (χ1v) is 8.93. The number of nitrogens with two attached hydrogens (primary N) is 1. The monoisotopic (exact) mass is 356 g/mol. The molecule has 0 bridgehead atoms. The van der Waals surface area contributed by atoms with Crippen LogP contribution in [0, 0.1) is 0 Å². The molecule has 1 amide bonds. The lowest BCUT2D eigenvalue weighted by molar-refractivity contribution is -0.136. The molecule has 0 aliphatic carbocycles. The second-order valence-electron chi connectivity index (χ2n) is 5.97. The molecule has 3 N–H and O–H groups in total. The number of para-hydroxylation sites is 1. The number of hydrogen-bond acceptors (Lipinski definition) is 4. The number of aliphatic carboxylic acids is 1. The van der Waals surface area contributed by atoms with Crippen LogP contribution in [0.4, 0.5) is 5.69 Å². The summed E-state index contributed by atoms with van der Waals surface area (Å²) >= 11 is 1.54. The average molecular weight is 356 g/mol. The smallest absolute Gasteiger partial charge is 0.323 e. The minimum absolute atomic E-state index is 0.370. The maximum absolute atomic E-state index is 13.1. The van der Waals surface area contributed by atoms with E-state index in [1.165, 1.54) is 4.90 Å². The van der Waals surface area contributed by atoms with Gasteiger partial charge in [-0.05, 0) is 24.1 Å². The minimum Gasteiger partial charge on any atom is -0.480 e. The molecule has 2 unspecified atom stereocenters. The van der Waals surface area contributed by atoms with E-state index in [2.05, 4.69) is 0 Å². The van der Waals surface area contributed by atoms with E-state index in [0.717, 1.165) is 10.5 Å². The minimum atomic E-state index is -1.07. The van der Waals surface area contributed by atoms with Crippen molar-refractivity contribution in [3.63, 3.8) is 0 Å². The summed E-state index contributed by atoms with van der Waals surface area (Å²) in [6.07, 6.45) is 0.643. The van der Waals surface area contributed by atoms with Gasteiger partial charge in [0, 0.05) is 4.90 Å². The molecular weight excluding hydrogens is 336 g/mol. The fourth-order valence-electron chi connectivity index (χ4n) is 3.27. The maximum atomic E-state index is 13.1. The van der Waals surface area contributed by atoms with Gasteiger partial charge in [-0.1, -0.05) is 49.4 Å². The fourth-order valence-corrected chi connectivity index (χ4v) is 4.71. The highest BCUT2D eigenvalue weighted by Crippen LogP contribution is 2.51. The van der Waals surface area contributed by atoms with Gasteiger partial charge < -0.3 is 10.8 Å². The van der Waals surface area contributed by atoms with Gasteiger partial charge in [0.15, 0.2) is 0 Å². The molecule has 1 heterocycles. The van der Waals surface area contributed by atoms with Crippen molar-refractivity contribution >= 4 is 29.3 Å². The van der Waals surface area contributed by atoms with Crippen LogP contribution in [0.15, 0.2) is 59.5 Å². The van der Waals surface area contributed by atoms with Gasteiger partial charge in [0.1, 0.15) is 12.6 Å². The second kappa shape index (κ2) is 6.90. The third-order valence-corrected chi connectivity index (χ3v) is 6.27. The summed E-state index contributed by atoms with van der Waals surface area (Å²) in [7, 11) is 0. The van der Waals surface area contributed by atoms with Crippen LogP contribution in [-0.2, 0) is 14.3 Å². The Morgan fingerprint density at radius 1 is 1.20 bits per heavy atom. The van der Waals surface area contributed by atoms with Gasteiger partial charge in [-0.2, -0.15) is 0 Å². The fraction of sp³-hybridized carbons (Fsp3) is 0.263. The van der Waals surface area contributed by atoms with Crippen molar-refractivity contribution in [2.75, 3.05) is 11.4 Å². The summed E-state index contributed by atoms with van der Waals surface area (Å²) in [5.74, 6) is -1.44. The van der Waals surface area contributed by atoms with Gasteiger partial charge in [0.05, 0.1) is 10.4 Å². The number of anilines is 1. The van der Waals surface area contributed by atoms with Crippen LogP contribution in [-0.4, -0.2) is 29.6 Å². The van der Waals surface area contributed by atoms with Crippen LogP contribution in [0.2, 0.25) is 0 Å². The highest BCUT2D eigenvalue weighted by Gasteiger charge is 2.47. The van der Waals surface area contributed by atoms with Gasteiger partial charge in [0.25, 0.3) is 0 Å². The third kappa shape index (κ3) is 3.03. The Bertz CT molecular complexity index is 796. The Labute approximate surface area is 150 Å². The number of carboxylic acids is 1. The van der Waals surface area contributed by atoms with E-state index in [-0.39, 0.29) is 5.91 Å². The molecule has 3 rings (SSSR count). The van der Waals surface area contributed by atoms with Crippen molar-refractivity contribution < 1.29 is 14.7 Å². The number of rotatable bonds is 4. The average Bonchev–Trinajstić information content (AvgIpc) is 2.72. The van der Waals surface area contributed by atoms with Gasteiger partial charge in [-0.15, -0.1) is 11.8 Å². The number of fused-ring (bicyclic) bond motifs is 1. The number of carbonyl (C=O) groups is 2. The van der Waals surface area contributed by atoms with Gasteiger partial charge in [-0.3, -0.25) is 14.5 Å². The zero-order valence-corrected chi connectivity index (χ0v) is 14.7. The number of carboxylic acid groups (broad SMARTS) is 1. The zero-order valence-electron chi connectivity index (χ0n) is 13.9. The quantitative estimate of drug-likeness (QED) is 0.880. The van der Waals surface area contributed by atoms with Crippen molar-refractivity contribution in [2.45, 2.75) is 29.0 Å². The molecule has 130 valence electrons. The van der Waals surface area contributed by atoms with E-state index < -0.39 is 23.3 Å². The predicted molar refractivity (Wildman–Crippen MR) is 98.7 cm³/mol. The number of hydrogen-bond donors (Lipinski definition) is 2. The topological polar surface area (TPSA) is 83.6 Å². The Morgan fingerprint density at radius 3 is 2.48 bits per heavy atom. The predicted octanol–water partition coefficient (Wildman–Crippen LogP) is 2.84. The van der Waals surface area contributed by atoms with Crippen LogP contribution in [0.25, 0.3) is 0 Å². The molecule has 6 heteroatoms. The zero-order chi connectivity index (χ0) is 18.0. The number of benzene rings is 2. The second-order valence-corrected chi connectivity index (χ2v) is 7.35. The SMILES string of the molecule is CCC1(c2ccccc2)Sc2ccccc2N(CC(=O)O)C(=O)C1N. The van der Waals surface area contributed by atoms with E-state index in [4.69, 9.17) is 5.73 Å². The van der Waals surface area contributed by atoms with Crippen LogP contribution in [0.3, 0.4) is 0 Å². The summed E-state index contributed by atoms with van der Waals surface area (Å²) in [5, 5.41) is 9.25. The maximum Gasteiger partial charge on any atom is 0.323 e. The molecule has 2 atom stereocenters. The molecule has 1 aliphatic rings. The first kappa shape index (κ1) is 17.5. The summed E-state index contributed by atoms with van der Waals surface area (Å²) in [4.78, 5) is 26.6. The van der Waals surface area contributed by atoms with Crippen molar-refractivity contribution in [3.8, 4) is 0 Å². The highest BCUT2D eigenvalue weighted by molar-refractivity contribution is 8.00. The van der Waals surface area contributed by atoms with Crippen molar-refractivity contribution in [1.82, 2.24) is 0 Å². The van der Waals surface area contributed by atoms with Gasteiger partial charge >= 0.3 is 5.97 Å². The summed E-state index contributed by atoms with van der Waals surface area (Å²) in [5.41, 5.74) is 8.01. The summed E-state index contributed by atoms with van der Waals surface area (Å²) in [6, 6.07) is 16.2. The molecule has 0 radical (unpaired) electrons. The van der Waals surface area contributed by atoms with E-state index in [0.29, 0.717) is 12.1 Å². The van der Waals surface area contributed by atoms with Crippen LogP contribution in [0.1, 0.15) is 18.9 Å². The van der Waals surface area contributed by atoms with Crippen molar-refractivity contribution in [2.24, 2.45) is 5.73 Å². The van der Waals surface area contributed by atoms with Crippen LogP contribution in [0.5, 0.6) is 0 Å². The van der Waals surface area contributed by atoms with E-state index >= 15 is 0 Å². The summed E-state index contributed by atoms with van der Waals surface area (Å²) < 4.78 is -0.651. The standard InChI is InChI=1S/C19H20N2O3S/c1-2-19(13-8-4-3-5-9-13)17(20)18(24)21(12-16(22)23)14-10-6-7-11-15(14)25-19/h3-11,17H,2,12,20H2,1H3,(H,22,23). The van der Waals surface area contributed by atoms with Gasteiger partial charge in [0.2, 0.25) is 5.91 Å². The molecule has 25 heavy (non-hydrogen) atoms. The molecule has 0 saturated heterocycles. The first-order chi connectivity index (χ1) is 12.0. The molecule has 5 nitrogen and oxygen atoms in total. The lowest BCUT2D eigenvalue weighted by Crippen LogP contribution is -2.54. The third-order valence-electron chi connectivity index (χ3n) is 4.56. The number of nitrogens with zero attached hydrogens (tertiary/aromatic N) is 1. The molecule has 0 aromatic heterocycles. The van der Waals surface area contributed by atoms with Crippen LogP contribution < -0.4 is 10.6 Å². The Morgan fingerprint density at radius 2 is 1.84 bits per heavy atom. The molecular formula is C19H20N2O3S. The first-order valence-electron chi connectivity index (χ1n) is 8.12. The molecule has 1 aliphatic heterocycles. The summed E-state index contributed by atoms with van der Waals surface area (Å²) in [6.45, 7) is 1.60. The number of carbonyl (C=O) groups excluding carboxylic acids is 1. The Balaban J connectivity index is 2.19. The number of thioether (sulfide) groups is 1. The Kier molecular flexibility index (Phi) is 4.83. The normalized spacial score (nSPS) is 23.0. The van der Waals surface area contributed by atoms with E-state index in [9.17, 15) is 14.7 Å². The van der Waals surface area contributed by atoms with Crippen LogP contribution >= 0.6 is 11.8 Å². The Hall–Kier alpha value is -2.31. The highest BCUT2D eigenvalue weighted by atomic mass is 32.2. The lowest BCUT2D eigenvalue weighted by Gasteiger charge is -2.36. The van der Waals surface area contributed by atoms with Crippen molar-refractivity contribution in [3.05, 3.63) is 60.2 Å². The molecule has 0 spiro atoms. The van der Waals surface area contributed by atoms with Crippen molar-refractivity contribution in [1.29, 1.82) is 0 Å². The molecule has 2 aromatic carbocycles. The van der Waals surface area contributed by atoms with E-state index in [1.807, 2.05) is 49.4 Å². The molecule has 2 aromatic rings. The molecule has 0 fully saturated rings. The largest absolute Gasteiger partial charge is 0.480 e. The lowest BCUT2D eigenvalue weighted by atomic mass is 9.87. The molecule has 0 saturated carbocycles. The van der Waals surface area contributed by atoms with E-state index in [1.54, 1.807) is 23.9 Å².